The Balaban J connectivity index is 0.000000312. The van der Waals surface area contributed by atoms with Crippen molar-refractivity contribution in [3.05, 3.63) is 83.4 Å². The van der Waals surface area contributed by atoms with Crippen LogP contribution in [0.2, 0.25) is 0 Å². The van der Waals surface area contributed by atoms with Gasteiger partial charge in [0.05, 0.1) is 15.6 Å². The van der Waals surface area contributed by atoms with Crippen LogP contribution in [0.25, 0.3) is 16.8 Å². The molecule has 1 N–H and O–H groups in total. The maximum atomic E-state index is 4.65. The van der Waals surface area contributed by atoms with Crippen molar-refractivity contribution in [3.63, 3.8) is 0 Å². The SMILES string of the molecule is C=C(/C=C\C)c1sc(C)nc1-c1cccc(C)c1.C=C(C)NC1CCCCC1.C=CC.CC(C)(C)N1CCCCC1. The van der Waals surface area contributed by atoms with E-state index in [0.717, 1.165) is 32.9 Å². The minimum absolute atomic E-state index is 0.403. The van der Waals surface area contributed by atoms with Crippen LogP contribution in [0.5, 0.6) is 0 Å². The van der Waals surface area contributed by atoms with E-state index in [-0.39, 0.29) is 0 Å². The second-order valence-electron chi connectivity index (χ2n) is 12.2. The van der Waals surface area contributed by atoms with Crippen LogP contribution in [-0.4, -0.2) is 34.6 Å². The molecule has 0 bridgehead atoms. The fourth-order valence-corrected chi connectivity index (χ4v) is 5.96. The lowest BCUT2D eigenvalue weighted by Crippen LogP contribution is -2.44. The number of hydrogen-bond acceptors (Lipinski definition) is 4. The van der Waals surface area contributed by atoms with Gasteiger partial charge in [0.15, 0.2) is 0 Å². The summed E-state index contributed by atoms with van der Waals surface area (Å²) in [5, 5.41) is 4.46. The van der Waals surface area contributed by atoms with Gasteiger partial charge in [-0.25, -0.2) is 4.98 Å². The molecule has 0 unspecified atom stereocenters. The summed E-state index contributed by atoms with van der Waals surface area (Å²) in [6.45, 7) is 30.9. The first-order valence-electron chi connectivity index (χ1n) is 15.5. The first-order chi connectivity index (χ1) is 19.4. The number of hydrogen-bond donors (Lipinski definition) is 1. The Labute approximate surface area is 257 Å². The van der Waals surface area contributed by atoms with Crippen LogP contribution < -0.4 is 5.32 Å². The van der Waals surface area contributed by atoms with E-state index < -0.39 is 0 Å². The topological polar surface area (TPSA) is 28.2 Å². The highest BCUT2D eigenvalue weighted by molar-refractivity contribution is 7.13. The molecular weight excluding hydrogens is 518 g/mol. The quantitative estimate of drug-likeness (QED) is 0.283. The van der Waals surface area contributed by atoms with E-state index in [9.17, 15) is 0 Å². The zero-order valence-electron chi connectivity index (χ0n) is 27.6. The van der Waals surface area contributed by atoms with Gasteiger partial charge < -0.3 is 5.32 Å². The van der Waals surface area contributed by atoms with Crippen molar-refractivity contribution in [1.29, 1.82) is 0 Å². The van der Waals surface area contributed by atoms with Gasteiger partial charge in [0.2, 0.25) is 0 Å². The Morgan fingerprint density at radius 2 is 1.59 bits per heavy atom. The number of thiazole rings is 1. The second-order valence-corrected chi connectivity index (χ2v) is 13.4. The van der Waals surface area contributed by atoms with E-state index in [2.05, 4.69) is 86.9 Å². The second kappa shape index (κ2) is 19.6. The van der Waals surface area contributed by atoms with Crippen molar-refractivity contribution in [2.75, 3.05) is 13.1 Å². The molecule has 4 heteroatoms. The van der Waals surface area contributed by atoms with Crippen LogP contribution in [0.4, 0.5) is 0 Å². The van der Waals surface area contributed by atoms with Gasteiger partial charge in [0, 0.05) is 22.8 Å². The highest BCUT2D eigenvalue weighted by Crippen LogP contribution is 2.33. The summed E-state index contributed by atoms with van der Waals surface area (Å²) in [6, 6.07) is 9.17. The van der Waals surface area contributed by atoms with Gasteiger partial charge in [0.1, 0.15) is 0 Å². The molecule has 2 fully saturated rings. The molecule has 0 radical (unpaired) electrons. The molecule has 41 heavy (non-hydrogen) atoms. The largest absolute Gasteiger partial charge is 0.386 e. The Hall–Kier alpha value is -2.43. The number of allylic oxidation sites excluding steroid dienone is 5. The molecule has 1 saturated carbocycles. The van der Waals surface area contributed by atoms with Crippen molar-refractivity contribution < 1.29 is 0 Å². The fourth-order valence-electron chi connectivity index (χ4n) is 5.07. The summed E-state index contributed by atoms with van der Waals surface area (Å²) in [4.78, 5) is 8.39. The number of benzene rings is 1. The van der Waals surface area contributed by atoms with Crippen LogP contribution in [0.3, 0.4) is 0 Å². The van der Waals surface area contributed by atoms with E-state index in [1.54, 1.807) is 17.4 Å². The number of aryl methyl sites for hydroxylation is 2. The molecular formula is C37H59N3S. The number of aromatic nitrogens is 1. The summed E-state index contributed by atoms with van der Waals surface area (Å²) >= 11 is 1.70. The van der Waals surface area contributed by atoms with Crippen LogP contribution in [0.15, 0.2) is 67.9 Å². The number of nitrogens with one attached hydrogen (secondary N) is 1. The maximum absolute atomic E-state index is 4.65. The predicted octanol–water partition coefficient (Wildman–Crippen LogP) is 10.9. The molecule has 0 atom stereocenters. The van der Waals surface area contributed by atoms with Gasteiger partial charge in [-0.3, -0.25) is 4.90 Å². The molecule has 2 heterocycles. The average molecular weight is 578 g/mol. The minimum atomic E-state index is 0.403. The molecule has 3 nitrogen and oxygen atoms in total. The third-order valence-corrected chi connectivity index (χ3v) is 8.09. The van der Waals surface area contributed by atoms with Gasteiger partial charge in [-0.2, -0.15) is 0 Å². The van der Waals surface area contributed by atoms with Crippen molar-refractivity contribution in [1.82, 2.24) is 15.2 Å². The molecule has 228 valence electrons. The van der Waals surface area contributed by atoms with Crippen LogP contribution >= 0.6 is 11.3 Å². The number of likely N-dealkylation sites (tertiary alicyclic amines) is 1. The van der Waals surface area contributed by atoms with Gasteiger partial charge in [-0.1, -0.05) is 80.8 Å². The molecule has 1 aromatic carbocycles. The predicted molar refractivity (Wildman–Crippen MR) is 187 cm³/mol. The van der Waals surface area contributed by atoms with Crippen molar-refractivity contribution in [2.24, 2.45) is 0 Å². The first kappa shape index (κ1) is 36.6. The first-order valence-corrected chi connectivity index (χ1v) is 16.3. The smallest absolute Gasteiger partial charge is 0.0908 e. The Kier molecular flexibility index (Phi) is 17.5. The summed E-state index contributed by atoms with van der Waals surface area (Å²) in [5.41, 5.74) is 6.01. The number of rotatable bonds is 5. The Morgan fingerprint density at radius 1 is 1.00 bits per heavy atom. The van der Waals surface area contributed by atoms with Crippen molar-refractivity contribution >= 4 is 16.9 Å². The van der Waals surface area contributed by atoms with E-state index >= 15 is 0 Å². The van der Waals surface area contributed by atoms with Gasteiger partial charge >= 0.3 is 0 Å². The lowest BCUT2D eigenvalue weighted by atomic mass is 9.95. The molecule has 0 amide bonds. The van der Waals surface area contributed by atoms with E-state index in [1.807, 2.05) is 39.8 Å². The molecule has 0 spiro atoms. The molecule has 2 aromatic rings. The highest BCUT2D eigenvalue weighted by Gasteiger charge is 2.22. The Bertz CT molecular complexity index is 1070. The van der Waals surface area contributed by atoms with Gasteiger partial charge in [0.25, 0.3) is 0 Å². The zero-order valence-corrected chi connectivity index (χ0v) is 28.4. The molecule has 1 aliphatic heterocycles. The summed E-state index contributed by atoms with van der Waals surface area (Å²) in [5.74, 6) is 0. The van der Waals surface area contributed by atoms with E-state index in [4.69, 9.17) is 0 Å². The van der Waals surface area contributed by atoms with Gasteiger partial charge in [-0.05, 0) is 106 Å². The monoisotopic (exact) mass is 577 g/mol. The van der Waals surface area contributed by atoms with Gasteiger partial charge in [-0.15, -0.1) is 17.9 Å². The van der Waals surface area contributed by atoms with E-state index in [1.165, 1.54) is 75.6 Å². The number of nitrogens with zero attached hydrogens (tertiary/aromatic N) is 2. The summed E-state index contributed by atoms with van der Waals surface area (Å²) < 4.78 is 0. The van der Waals surface area contributed by atoms with Crippen LogP contribution in [0, 0.1) is 13.8 Å². The molecule has 2 aliphatic rings. The molecule has 1 saturated heterocycles. The van der Waals surface area contributed by atoms with Crippen LogP contribution in [0.1, 0.15) is 108 Å². The standard InChI is InChI=1S/C16H17NS.C9H19N.C9H17N.C3H6/c1-5-7-12(3)16-15(17-13(4)18-16)14-9-6-8-11(2)10-14;1-9(2,3)10-7-5-4-6-8-10;1-8(2)10-9-6-4-3-5-7-9;1-3-2/h5-10H,3H2,1-2,4H3;4-8H2,1-3H3;9-10H,1,3-7H2,2H3;3H,1H2,2H3/b7-5-;;;. The van der Waals surface area contributed by atoms with Crippen molar-refractivity contribution in [3.8, 4) is 11.3 Å². The number of piperidine rings is 1. The van der Waals surface area contributed by atoms with Crippen molar-refractivity contribution in [2.45, 2.75) is 118 Å². The minimum Gasteiger partial charge on any atom is -0.386 e. The zero-order chi connectivity index (χ0) is 30.8. The third kappa shape index (κ3) is 14.9. The summed E-state index contributed by atoms with van der Waals surface area (Å²) in [6.07, 6.45) is 16.9. The third-order valence-electron chi connectivity index (χ3n) is 7.05. The normalized spacial score (nSPS) is 15.8. The fraction of sp³-hybridized carbons (Fsp3) is 0.541. The Morgan fingerprint density at radius 3 is 2.07 bits per heavy atom. The van der Waals surface area contributed by atoms with Crippen LogP contribution in [-0.2, 0) is 0 Å². The lowest BCUT2D eigenvalue weighted by molar-refractivity contribution is 0.111. The molecule has 1 aliphatic carbocycles. The molecule has 4 rings (SSSR count). The lowest BCUT2D eigenvalue weighted by Gasteiger charge is -2.38. The average Bonchev–Trinajstić information content (AvgIpc) is 3.32. The van der Waals surface area contributed by atoms with E-state index in [0.29, 0.717) is 5.54 Å². The summed E-state index contributed by atoms with van der Waals surface area (Å²) in [7, 11) is 0. The highest BCUT2D eigenvalue weighted by atomic mass is 32.1. The molecule has 1 aromatic heterocycles. The maximum Gasteiger partial charge on any atom is 0.0908 e.